The highest BCUT2D eigenvalue weighted by Crippen LogP contribution is 2.11. The van der Waals surface area contributed by atoms with Gasteiger partial charge in [-0.2, -0.15) is 4.98 Å². The van der Waals surface area contributed by atoms with Crippen molar-refractivity contribution in [1.82, 2.24) is 9.97 Å². The number of anilines is 2. The van der Waals surface area contributed by atoms with Crippen LogP contribution in [0.15, 0.2) is 12.3 Å². The van der Waals surface area contributed by atoms with Gasteiger partial charge in [-0.1, -0.05) is 0 Å². The third kappa shape index (κ3) is 4.97. The summed E-state index contributed by atoms with van der Waals surface area (Å²) in [5.41, 5.74) is 5.58. The predicted octanol–water partition coefficient (Wildman–Crippen LogP) is 0.548. The Morgan fingerprint density at radius 3 is 2.65 bits per heavy atom. The van der Waals surface area contributed by atoms with Gasteiger partial charge >= 0.3 is 0 Å². The van der Waals surface area contributed by atoms with Crippen LogP contribution < -0.4 is 10.6 Å². The van der Waals surface area contributed by atoms with Crippen LogP contribution in [0.3, 0.4) is 0 Å². The van der Waals surface area contributed by atoms with Crippen molar-refractivity contribution in [2.75, 3.05) is 51.2 Å². The highest BCUT2D eigenvalue weighted by molar-refractivity contribution is 5.40. The lowest BCUT2D eigenvalue weighted by molar-refractivity contribution is 0.191. The van der Waals surface area contributed by atoms with Crippen molar-refractivity contribution < 1.29 is 9.47 Å². The van der Waals surface area contributed by atoms with Gasteiger partial charge in [-0.3, -0.25) is 0 Å². The van der Waals surface area contributed by atoms with Crippen LogP contribution in [0.25, 0.3) is 0 Å². The molecular formula is C11H20N4O2. The van der Waals surface area contributed by atoms with E-state index in [0.717, 1.165) is 31.9 Å². The number of methoxy groups -OCH3 is 2. The number of hydrogen-bond acceptors (Lipinski definition) is 6. The Morgan fingerprint density at radius 1 is 1.24 bits per heavy atom. The van der Waals surface area contributed by atoms with Crippen molar-refractivity contribution in [3.63, 3.8) is 0 Å². The molecule has 2 N–H and O–H groups in total. The van der Waals surface area contributed by atoms with Crippen LogP contribution in [0, 0.1) is 0 Å². The van der Waals surface area contributed by atoms with Crippen LogP contribution in [0.5, 0.6) is 0 Å². The van der Waals surface area contributed by atoms with Crippen molar-refractivity contribution >= 4 is 11.8 Å². The van der Waals surface area contributed by atoms with Gasteiger partial charge in [0, 0.05) is 40.1 Å². The molecule has 0 aliphatic rings. The Balaban J connectivity index is 2.60. The molecule has 0 aliphatic heterocycles. The molecule has 17 heavy (non-hydrogen) atoms. The molecule has 0 atom stereocenters. The number of nitrogens with two attached hydrogens (primary N) is 1. The van der Waals surface area contributed by atoms with Crippen molar-refractivity contribution in [3.8, 4) is 0 Å². The number of ether oxygens (including phenoxy) is 2. The molecule has 0 radical (unpaired) electrons. The summed E-state index contributed by atoms with van der Waals surface area (Å²) in [6.45, 7) is 3.01. The maximum Gasteiger partial charge on any atom is 0.221 e. The summed E-state index contributed by atoms with van der Waals surface area (Å²) in [6, 6.07) is 1.85. The van der Waals surface area contributed by atoms with Crippen LogP contribution in [0.1, 0.15) is 6.42 Å². The van der Waals surface area contributed by atoms with Gasteiger partial charge in [0.15, 0.2) is 0 Å². The van der Waals surface area contributed by atoms with Crippen LogP contribution >= 0.6 is 0 Å². The number of rotatable bonds is 8. The molecule has 0 saturated heterocycles. The van der Waals surface area contributed by atoms with Gasteiger partial charge in [-0.05, 0) is 12.5 Å². The lowest BCUT2D eigenvalue weighted by Gasteiger charge is -2.23. The third-order valence-electron chi connectivity index (χ3n) is 2.33. The standard InChI is InChI=1S/C11H20N4O2/c1-16-8-3-6-15(7-9-17-2)10-4-5-13-11(12)14-10/h4-5H,3,6-9H2,1-2H3,(H2,12,13,14). The van der Waals surface area contributed by atoms with Crippen LogP contribution in [-0.4, -0.2) is 50.5 Å². The van der Waals surface area contributed by atoms with E-state index in [-0.39, 0.29) is 5.95 Å². The molecule has 0 unspecified atom stereocenters. The zero-order valence-corrected chi connectivity index (χ0v) is 10.4. The number of nitrogen functional groups attached to an aromatic ring is 1. The number of aromatic nitrogens is 2. The quantitative estimate of drug-likeness (QED) is 0.669. The van der Waals surface area contributed by atoms with Gasteiger partial charge in [0.25, 0.3) is 0 Å². The molecule has 0 aromatic carbocycles. The lowest BCUT2D eigenvalue weighted by atomic mass is 10.3. The topological polar surface area (TPSA) is 73.5 Å². The molecular weight excluding hydrogens is 220 g/mol. The van der Waals surface area contributed by atoms with Crippen molar-refractivity contribution in [1.29, 1.82) is 0 Å². The first-order valence-electron chi connectivity index (χ1n) is 5.59. The van der Waals surface area contributed by atoms with E-state index in [1.54, 1.807) is 20.4 Å². The Hall–Kier alpha value is -1.40. The minimum absolute atomic E-state index is 0.289. The largest absolute Gasteiger partial charge is 0.385 e. The molecule has 1 heterocycles. The first-order valence-corrected chi connectivity index (χ1v) is 5.59. The molecule has 0 saturated carbocycles. The van der Waals surface area contributed by atoms with Gasteiger partial charge in [-0.15, -0.1) is 0 Å². The summed E-state index contributed by atoms with van der Waals surface area (Å²) in [4.78, 5) is 10.2. The second-order valence-electron chi connectivity index (χ2n) is 3.60. The van der Waals surface area contributed by atoms with Crippen LogP contribution in [0.4, 0.5) is 11.8 Å². The molecule has 1 aromatic heterocycles. The zero-order valence-electron chi connectivity index (χ0n) is 10.4. The Kier molecular flexibility index (Phi) is 6.27. The molecule has 0 bridgehead atoms. The van der Waals surface area contributed by atoms with E-state index >= 15 is 0 Å². The molecule has 6 heteroatoms. The molecule has 6 nitrogen and oxygen atoms in total. The normalized spacial score (nSPS) is 10.5. The summed E-state index contributed by atoms with van der Waals surface area (Å²) >= 11 is 0. The van der Waals surface area contributed by atoms with Crippen LogP contribution in [-0.2, 0) is 9.47 Å². The smallest absolute Gasteiger partial charge is 0.221 e. The maximum atomic E-state index is 5.58. The zero-order chi connectivity index (χ0) is 12.5. The van der Waals surface area contributed by atoms with E-state index in [2.05, 4.69) is 14.9 Å². The first kappa shape index (κ1) is 13.7. The fourth-order valence-electron chi connectivity index (χ4n) is 1.48. The molecule has 96 valence electrons. The van der Waals surface area contributed by atoms with E-state index in [4.69, 9.17) is 15.2 Å². The monoisotopic (exact) mass is 240 g/mol. The number of nitrogens with zero attached hydrogens (tertiary/aromatic N) is 3. The highest BCUT2D eigenvalue weighted by atomic mass is 16.5. The molecule has 0 amide bonds. The van der Waals surface area contributed by atoms with E-state index in [9.17, 15) is 0 Å². The van der Waals surface area contributed by atoms with E-state index in [1.165, 1.54) is 0 Å². The Morgan fingerprint density at radius 2 is 2.00 bits per heavy atom. The Labute approximate surface area is 102 Å². The van der Waals surface area contributed by atoms with Gasteiger partial charge in [0.05, 0.1) is 6.61 Å². The molecule has 0 spiro atoms. The van der Waals surface area contributed by atoms with Crippen LogP contribution in [0.2, 0.25) is 0 Å². The SMILES string of the molecule is COCCCN(CCOC)c1ccnc(N)n1. The second kappa shape index (κ2) is 7.81. The minimum atomic E-state index is 0.289. The summed E-state index contributed by atoms with van der Waals surface area (Å²) < 4.78 is 10.1. The summed E-state index contributed by atoms with van der Waals surface area (Å²) in [5.74, 6) is 1.11. The minimum Gasteiger partial charge on any atom is -0.385 e. The average molecular weight is 240 g/mol. The fraction of sp³-hybridized carbons (Fsp3) is 0.636. The fourth-order valence-corrected chi connectivity index (χ4v) is 1.48. The van der Waals surface area contributed by atoms with Crippen molar-refractivity contribution in [3.05, 3.63) is 12.3 Å². The summed E-state index contributed by atoms with van der Waals surface area (Å²) in [6.07, 6.45) is 2.60. The second-order valence-corrected chi connectivity index (χ2v) is 3.60. The number of hydrogen-bond donors (Lipinski definition) is 1. The van der Waals surface area contributed by atoms with Gasteiger partial charge in [-0.25, -0.2) is 4.98 Å². The highest BCUT2D eigenvalue weighted by Gasteiger charge is 2.07. The predicted molar refractivity (Wildman–Crippen MR) is 67.0 cm³/mol. The van der Waals surface area contributed by atoms with Gasteiger partial charge in [0.2, 0.25) is 5.95 Å². The lowest BCUT2D eigenvalue weighted by Crippen LogP contribution is -2.30. The maximum absolute atomic E-state index is 5.58. The Bertz CT molecular complexity index is 322. The molecule has 1 aromatic rings. The van der Waals surface area contributed by atoms with E-state index < -0.39 is 0 Å². The average Bonchev–Trinajstić information content (AvgIpc) is 2.33. The first-order chi connectivity index (χ1) is 8.27. The van der Waals surface area contributed by atoms with Crippen molar-refractivity contribution in [2.24, 2.45) is 0 Å². The third-order valence-corrected chi connectivity index (χ3v) is 2.33. The molecule has 0 aliphatic carbocycles. The molecule has 0 fully saturated rings. The van der Waals surface area contributed by atoms with Gasteiger partial charge < -0.3 is 20.1 Å². The summed E-state index contributed by atoms with van der Waals surface area (Å²) in [7, 11) is 3.38. The molecule has 1 rings (SSSR count). The summed E-state index contributed by atoms with van der Waals surface area (Å²) in [5, 5.41) is 0. The van der Waals surface area contributed by atoms with Crippen molar-refractivity contribution in [2.45, 2.75) is 6.42 Å². The van der Waals surface area contributed by atoms with Gasteiger partial charge in [0.1, 0.15) is 5.82 Å². The van der Waals surface area contributed by atoms with E-state index in [0.29, 0.717) is 6.61 Å². The van der Waals surface area contributed by atoms with E-state index in [1.807, 2.05) is 6.07 Å².